The van der Waals surface area contributed by atoms with Crippen molar-refractivity contribution in [2.45, 2.75) is 43.9 Å². The van der Waals surface area contributed by atoms with Crippen LogP contribution < -0.4 is 0 Å². The van der Waals surface area contributed by atoms with Crippen LogP contribution in [-0.2, 0) is 22.4 Å². The maximum absolute atomic E-state index is 13.0. The van der Waals surface area contributed by atoms with Crippen LogP contribution in [-0.4, -0.2) is 35.6 Å². The molecule has 0 aromatic heterocycles. The normalized spacial score (nSPS) is 24.9. The molecule has 1 saturated carbocycles. The van der Waals surface area contributed by atoms with Crippen molar-refractivity contribution in [3.8, 4) is 12.3 Å². The molecule has 2 aromatic carbocycles. The molecule has 0 radical (unpaired) electrons. The molecule has 0 amide bonds. The second-order valence-electron chi connectivity index (χ2n) is 7.96. The molecule has 1 aliphatic heterocycles. The van der Waals surface area contributed by atoms with Crippen molar-refractivity contribution < 1.29 is 9.53 Å². The maximum Gasteiger partial charge on any atom is 0.324 e. The molecule has 0 N–H and O–H groups in total. The zero-order valence-corrected chi connectivity index (χ0v) is 16.6. The van der Waals surface area contributed by atoms with E-state index in [0.717, 1.165) is 11.1 Å². The van der Waals surface area contributed by atoms with E-state index in [-0.39, 0.29) is 24.2 Å². The van der Waals surface area contributed by atoms with E-state index in [1.165, 1.54) is 12.8 Å². The number of morpholine rings is 1. The van der Waals surface area contributed by atoms with Crippen LogP contribution in [0.2, 0.25) is 0 Å². The van der Waals surface area contributed by atoms with Crippen LogP contribution in [0.4, 0.5) is 0 Å². The summed E-state index contributed by atoms with van der Waals surface area (Å²) in [6.07, 6.45) is 13.8. The lowest BCUT2D eigenvalue weighted by Gasteiger charge is -2.43. The summed E-state index contributed by atoms with van der Waals surface area (Å²) in [5.74, 6) is 3.25. The average molecular weight is 386 g/mol. The van der Waals surface area contributed by atoms with Gasteiger partial charge in [-0.2, -0.15) is 0 Å². The van der Waals surface area contributed by atoms with Gasteiger partial charge in [-0.25, -0.2) is 0 Å². The summed E-state index contributed by atoms with van der Waals surface area (Å²) in [4.78, 5) is 15.2. The first-order chi connectivity index (χ1) is 14.2. The smallest absolute Gasteiger partial charge is 0.324 e. The minimum absolute atomic E-state index is 0.0155. The van der Waals surface area contributed by atoms with Crippen molar-refractivity contribution in [1.82, 2.24) is 4.90 Å². The predicted octanol–water partition coefficient (Wildman–Crippen LogP) is 4.04. The Kier molecular flexibility index (Phi) is 6.12. The van der Waals surface area contributed by atoms with Gasteiger partial charge >= 0.3 is 5.97 Å². The number of terminal acetylenes is 1. The lowest BCUT2D eigenvalue weighted by atomic mass is 9.93. The highest BCUT2D eigenvalue weighted by atomic mass is 16.5. The third-order valence-corrected chi connectivity index (χ3v) is 5.73. The SMILES string of the molecule is C#CCN1[C@H](/C=C/C2CC2)[C@H](Cc2ccccc2)OC(=O)[C@@H]1Cc1ccccc1. The van der Waals surface area contributed by atoms with Crippen molar-refractivity contribution in [2.24, 2.45) is 5.92 Å². The van der Waals surface area contributed by atoms with Gasteiger partial charge in [0.05, 0.1) is 12.6 Å². The summed E-state index contributed by atoms with van der Waals surface area (Å²) < 4.78 is 6.02. The second kappa shape index (κ2) is 9.11. The molecule has 3 atom stereocenters. The summed E-state index contributed by atoms with van der Waals surface area (Å²) in [5.41, 5.74) is 2.28. The largest absolute Gasteiger partial charge is 0.459 e. The number of carbonyl (C=O) groups excluding carboxylic acids is 1. The summed E-state index contributed by atoms with van der Waals surface area (Å²) in [6, 6.07) is 19.9. The Balaban J connectivity index is 1.61. The van der Waals surface area contributed by atoms with Gasteiger partial charge < -0.3 is 4.74 Å². The molecule has 1 saturated heterocycles. The molecule has 0 unspecified atom stereocenters. The number of esters is 1. The fraction of sp³-hybridized carbons (Fsp3) is 0.346. The van der Waals surface area contributed by atoms with Gasteiger partial charge in [0.15, 0.2) is 0 Å². The molecular formula is C26H27NO2. The Bertz CT molecular complexity index is 880. The van der Waals surface area contributed by atoms with Gasteiger partial charge in [0.1, 0.15) is 12.1 Å². The van der Waals surface area contributed by atoms with E-state index in [1.54, 1.807) is 0 Å². The number of allylic oxidation sites excluding steroid dienone is 1. The quantitative estimate of drug-likeness (QED) is 0.409. The summed E-state index contributed by atoms with van der Waals surface area (Å²) >= 11 is 0. The molecule has 2 aliphatic rings. The highest BCUT2D eigenvalue weighted by molar-refractivity contribution is 5.77. The van der Waals surface area contributed by atoms with Crippen LogP contribution in [0.25, 0.3) is 0 Å². The van der Waals surface area contributed by atoms with E-state index in [9.17, 15) is 4.79 Å². The molecular weight excluding hydrogens is 358 g/mol. The molecule has 2 fully saturated rings. The van der Waals surface area contributed by atoms with Gasteiger partial charge in [-0.3, -0.25) is 9.69 Å². The van der Waals surface area contributed by atoms with Gasteiger partial charge in [0.25, 0.3) is 0 Å². The fourth-order valence-corrected chi connectivity index (χ4v) is 4.02. The van der Waals surface area contributed by atoms with Crippen molar-refractivity contribution in [3.05, 3.63) is 83.9 Å². The third-order valence-electron chi connectivity index (χ3n) is 5.73. The number of cyclic esters (lactones) is 1. The van der Waals surface area contributed by atoms with E-state index >= 15 is 0 Å². The number of nitrogens with zero attached hydrogens (tertiary/aromatic N) is 1. The number of hydrogen-bond acceptors (Lipinski definition) is 3. The molecule has 4 rings (SSSR count). The first-order valence-corrected chi connectivity index (χ1v) is 10.4. The van der Waals surface area contributed by atoms with Crippen molar-refractivity contribution in [2.75, 3.05) is 6.54 Å². The molecule has 3 nitrogen and oxygen atoms in total. The Morgan fingerprint density at radius 2 is 1.59 bits per heavy atom. The van der Waals surface area contributed by atoms with Crippen LogP contribution in [0.15, 0.2) is 72.8 Å². The van der Waals surface area contributed by atoms with Crippen LogP contribution in [0.5, 0.6) is 0 Å². The summed E-state index contributed by atoms with van der Waals surface area (Å²) in [5, 5.41) is 0. The molecule has 3 heteroatoms. The molecule has 29 heavy (non-hydrogen) atoms. The lowest BCUT2D eigenvalue weighted by molar-refractivity contribution is -0.170. The number of hydrogen-bond donors (Lipinski definition) is 0. The molecule has 1 aliphatic carbocycles. The van der Waals surface area contributed by atoms with Crippen molar-refractivity contribution in [1.29, 1.82) is 0 Å². The zero-order chi connectivity index (χ0) is 20.1. The lowest BCUT2D eigenvalue weighted by Crippen LogP contribution is -2.59. The Morgan fingerprint density at radius 3 is 2.17 bits per heavy atom. The van der Waals surface area contributed by atoms with Crippen LogP contribution in [0.1, 0.15) is 24.0 Å². The van der Waals surface area contributed by atoms with Crippen LogP contribution >= 0.6 is 0 Å². The minimum atomic E-state index is -0.366. The molecule has 1 heterocycles. The highest BCUT2D eigenvalue weighted by Crippen LogP contribution is 2.32. The van der Waals surface area contributed by atoms with Gasteiger partial charge in [-0.1, -0.05) is 78.7 Å². The molecule has 148 valence electrons. The van der Waals surface area contributed by atoms with E-state index < -0.39 is 0 Å². The fourth-order valence-electron chi connectivity index (χ4n) is 4.02. The van der Waals surface area contributed by atoms with Gasteiger partial charge in [0.2, 0.25) is 0 Å². The second-order valence-corrected chi connectivity index (χ2v) is 7.96. The van der Waals surface area contributed by atoms with Crippen molar-refractivity contribution in [3.63, 3.8) is 0 Å². The van der Waals surface area contributed by atoms with E-state index in [4.69, 9.17) is 11.2 Å². The maximum atomic E-state index is 13.0. The zero-order valence-electron chi connectivity index (χ0n) is 16.6. The Hall–Kier alpha value is -2.83. The first-order valence-electron chi connectivity index (χ1n) is 10.4. The van der Waals surface area contributed by atoms with Crippen LogP contribution in [0, 0.1) is 18.3 Å². The van der Waals surface area contributed by atoms with E-state index in [0.29, 0.717) is 25.3 Å². The van der Waals surface area contributed by atoms with Crippen LogP contribution in [0.3, 0.4) is 0 Å². The summed E-state index contributed by atoms with van der Waals surface area (Å²) in [6.45, 7) is 0.428. The standard InChI is InChI=1S/C26H27NO2/c1-2-17-27-23(16-15-20-13-14-20)25(19-22-11-7-4-8-12-22)29-26(28)24(27)18-21-9-5-3-6-10-21/h1,3-12,15-16,20,23-25H,13-14,17-19H2/b16-15+/t23-,24+,25+/m1/s1. The number of carbonyl (C=O) groups is 1. The predicted molar refractivity (Wildman–Crippen MR) is 115 cm³/mol. The topological polar surface area (TPSA) is 29.5 Å². The highest BCUT2D eigenvalue weighted by Gasteiger charge is 2.42. The van der Waals surface area contributed by atoms with Gasteiger partial charge in [0, 0.05) is 6.42 Å². The first kappa shape index (κ1) is 19.5. The third kappa shape index (κ3) is 4.96. The Labute approximate surface area is 173 Å². The average Bonchev–Trinajstić information content (AvgIpc) is 3.56. The van der Waals surface area contributed by atoms with Crippen molar-refractivity contribution >= 4 is 5.97 Å². The molecule has 2 aromatic rings. The van der Waals surface area contributed by atoms with Gasteiger partial charge in [-0.15, -0.1) is 6.42 Å². The van der Waals surface area contributed by atoms with Gasteiger partial charge in [-0.05, 0) is 36.3 Å². The molecule has 0 spiro atoms. The number of benzene rings is 2. The summed E-state index contributed by atoms with van der Waals surface area (Å²) in [7, 11) is 0. The van der Waals surface area contributed by atoms with E-state index in [1.807, 2.05) is 48.5 Å². The number of ether oxygens (including phenoxy) is 1. The monoisotopic (exact) mass is 385 g/mol. The number of rotatable bonds is 7. The molecule has 0 bridgehead atoms. The Morgan fingerprint density at radius 1 is 0.966 bits per heavy atom. The van der Waals surface area contributed by atoms with E-state index in [2.05, 4.69) is 35.1 Å². The minimum Gasteiger partial charge on any atom is -0.459 e.